The van der Waals surface area contributed by atoms with Crippen molar-refractivity contribution >= 4 is 45.6 Å². The van der Waals surface area contributed by atoms with Crippen LogP contribution in [-0.2, 0) is 4.79 Å². The molecule has 2 aliphatic heterocycles. The SMILES string of the molecule is COc1cc(Cl)cc2cc(C(=O)C3=C(O)C(=O)N(c4ccc(N5CCCC5)cc4)C3c3ccc(F)cc3)oc12. The van der Waals surface area contributed by atoms with Gasteiger partial charge in [-0.1, -0.05) is 23.7 Å². The molecule has 3 aromatic carbocycles. The van der Waals surface area contributed by atoms with E-state index in [1.54, 1.807) is 24.3 Å². The van der Waals surface area contributed by atoms with Gasteiger partial charge < -0.3 is 19.2 Å². The van der Waals surface area contributed by atoms with E-state index in [0.29, 0.717) is 33.0 Å². The fourth-order valence-electron chi connectivity index (χ4n) is 5.35. The van der Waals surface area contributed by atoms with Crippen molar-refractivity contribution in [1.29, 1.82) is 0 Å². The zero-order valence-corrected chi connectivity index (χ0v) is 21.7. The first-order valence-electron chi connectivity index (χ1n) is 12.5. The summed E-state index contributed by atoms with van der Waals surface area (Å²) in [6, 6.07) is 16.6. The first-order valence-corrected chi connectivity index (χ1v) is 12.9. The number of benzene rings is 3. The highest BCUT2D eigenvalue weighted by molar-refractivity contribution is 6.31. The number of hydrogen-bond acceptors (Lipinski definition) is 6. The largest absolute Gasteiger partial charge is 0.503 e. The number of ether oxygens (including phenoxy) is 1. The highest BCUT2D eigenvalue weighted by Gasteiger charge is 2.45. The van der Waals surface area contributed by atoms with E-state index in [1.165, 1.54) is 42.3 Å². The number of aliphatic hydroxyl groups is 1. The zero-order valence-electron chi connectivity index (χ0n) is 21.0. The van der Waals surface area contributed by atoms with Crippen LogP contribution in [0.4, 0.5) is 15.8 Å². The molecule has 0 saturated carbocycles. The van der Waals surface area contributed by atoms with Crippen molar-refractivity contribution in [1.82, 2.24) is 0 Å². The molecule has 39 heavy (non-hydrogen) atoms. The van der Waals surface area contributed by atoms with Gasteiger partial charge in [-0.05, 0) is 66.9 Å². The predicted octanol–water partition coefficient (Wildman–Crippen LogP) is 6.62. The minimum Gasteiger partial charge on any atom is -0.503 e. The summed E-state index contributed by atoms with van der Waals surface area (Å²) in [6.45, 7) is 1.93. The van der Waals surface area contributed by atoms with Crippen molar-refractivity contribution < 1.29 is 28.2 Å². The Bertz CT molecular complexity index is 1620. The van der Waals surface area contributed by atoms with Gasteiger partial charge in [0.1, 0.15) is 5.82 Å². The van der Waals surface area contributed by atoms with E-state index in [1.807, 2.05) is 12.1 Å². The number of nitrogens with zero attached hydrogens (tertiary/aromatic N) is 2. The monoisotopic (exact) mass is 546 g/mol. The van der Waals surface area contributed by atoms with Crippen LogP contribution < -0.4 is 14.5 Å². The van der Waals surface area contributed by atoms with Crippen LogP contribution in [0.5, 0.6) is 5.75 Å². The average molecular weight is 547 g/mol. The van der Waals surface area contributed by atoms with E-state index >= 15 is 0 Å². The van der Waals surface area contributed by atoms with Gasteiger partial charge in [0.25, 0.3) is 5.91 Å². The number of hydrogen-bond donors (Lipinski definition) is 1. The van der Waals surface area contributed by atoms with E-state index in [9.17, 15) is 19.1 Å². The maximum absolute atomic E-state index is 13.9. The summed E-state index contributed by atoms with van der Waals surface area (Å²) in [5.74, 6) is -2.33. The van der Waals surface area contributed by atoms with Crippen LogP contribution in [0.3, 0.4) is 0 Å². The topological polar surface area (TPSA) is 83.2 Å². The Labute approximate surface area is 228 Å². The third-order valence-electron chi connectivity index (χ3n) is 7.23. The maximum atomic E-state index is 13.9. The molecule has 1 amide bonds. The van der Waals surface area contributed by atoms with Crippen LogP contribution in [0, 0.1) is 5.82 Å². The molecule has 7 nitrogen and oxygen atoms in total. The van der Waals surface area contributed by atoms with E-state index in [4.69, 9.17) is 20.8 Å². The van der Waals surface area contributed by atoms with Crippen molar-refractivity contribution in [3.63, 3.8) is 0 Å². The highest BCUT2D eigenvalue weighted by Crippen LogP contribution is 2.43. The Hall–Kier alpha value is -4.30. The van der Waals surface area contributed by atoms with E-state index in [2.05, 4.69) is 4.90 Å². The molecule has 1 unspecified atom stereocenters. The van der Waals surface area contributed by atoms with E-state index in [-0.39, 0.29) is 11.3 Å². The molecule has 198 valence electrons. The number of carbonyl (C=O) groups is 2. The Morgan fingerprint density at radius 3 is 2.36 bits per heavy atom. The van der Waals surface area contributed by atoms with Gasteiger partial charge >= 0.3 is 0 Å². The van der Waals surface area contributed by atoms with Crippen molar-refractivity contribution in [2.24, 2.45) is 0 Å². The molecule has 1 N–H and O–H groups in total. The lowest BCUT2D eigenvalue weighted by atomic mass is 9.94. The van der Waals surface area contributed by atoms with Crippen molar-refractivity contribution in [3.8, 4) is 5.75 Å². The number of anilines is 2. The van der Waals surface area contributed by atoms with Crippen LogP contribution in [0.2, 0.25) is 5.02 Å². The van der Waals surface area contributed by atoms with Crippen LogP contribution in [-0.4, -0.2) is 37.0 Å². The maximum Gasteiger partial charge on any atom is 0.294 e. The van der Waals surface area contributed by atoms with Crippen LogP contribution >= 0.6 is 11.6 Å². The van der Waals surface area contributed by atoms with Crippen molar-refractivity contribution in [2.45, 2.75) is 18.9 Å². The molecule has 1 saturated heterocycles. The number of ketones is 1. The number of carbonyl (C=O) groups excluding carboxylic acids is 2. The Balaban J connectivity index is 1.44. The van der Waals surface area contributed by atoms with Gasteiger partial charge in [-0.25, -0.2) is 4.39 Å². The Morgan fingerprint density at radius 1 is 1.03 bits per heavy atom. The standard InChI is InChI=1S/C30H24ClFN2O5/c1-38-24-16-19(31)14-18-15-23(39-29(18)24)27(35)25-26(17-4-6-20(32)7-5-17)34(30(37)28(25)36)22-10-8-21(9-11-22)33-12-2-3-13-33/h4-11,14-16,26,36H,2-3,12-13H2,1H3. The van der Waals surface area contributed by atoms with Gasteiger partial charge in [0.05, 0.1) is 18.7 Å². The molecular weight excluding hydrogens is 523 g/mol. The third-order valence-corrected chi connectivity index (χ3v) is 7.45. The summed E-state index contributed by atoms with van der Waals surface area (Å²) in [5, 5.41) is 12.0. The molecule has 0 radical (unpaired) electrons. The number of fused-ring (bicyclic) bond motifs is 1. The number of rotatable bonds is 6. The van der Waals surface area contributed by atoms with Crippen molar-refractivity contribution in [3.05, 3.63) is 100 Å². The quantitative estimate of drug-likeness (QED) is 0.274. The van der Waals surface area contributed by atoms with Gasteiger partial charge in [-0.3, -0.25) is 14.5 Å². The smallest absolute Gasteiger partial charge is 0.294 e. The number of furan rings is 1. The summed E-state index contributed by atoms with van der Waals surface area (Å²) in [7, 11) is 1.45. The number of aliphatic hydroxyl groups excluding tert-OH is 1. The molecular formula is C30H24ClFN2O5. The lowest BCUT2D eigenvalue weighted by Crippen LogP contribution is -2.31. The van der Waals surface area contributed by atoms with Crippen molar-refractivity contribution in [2.75, 3.05) is 30.0 Å². The second-order valence-corrected chi connectivity index (χ2v) is 10.0. The summed E-state index contributed by atoms with van der Waals surface area (Å²) in [6.07, 6.45) is 2.25. The summed E-state index contributed by atoms with van der Waals surface area (Å²) in [4.78, 5) is 31.0. The molecule has 4 aromatic rings. The fraction of sp³-hybridized carbons (Fsp3) is 0.200. The first-order chi connectivity index (χ1) is 18.9. The fourth-order valence-corrected chi connectivity index (χ4v) is 5.56. The van der Waals surface area contributed by atoms with Crippen LogP contribution in [0.1, 0.15) is 35.0 Å². The molecule has 0 bridgehead atoms. The predicted molar refractivity (Wildman–Crippen MR) is 146 cm³/mol. The zero-order chi connectivity index (χ0) is 27.3. The van der Waals surface area contributed by atoms with Gasteiger partial charge in [-0.15, -0.1) is 0 Å². The van der Waals surface area contributed by atoms with Crippen LogP contribution in [0.25, 0.3) is 11.0 Å². The highest BCUT2D eigenvalue weighted by atomic mass is 35.5. The molecule has 3 heterocycles. The molecule has 6 rings (SSSR count). The minimum atomic E-state index is -1.01. The number of Topliss-reactive ketones (excluding diaryl/α,β-unsaturated/α-hetero) is 1. The number of halogens is 2. The molecule has 9 heteroatoms. The first kappa shape index (κ1) is 25.0. The molecule has 0 spiro atoms. The second kappa shape index (κ2) is 9.78. The average Bonchev–Trinajstić information content (AvgIpc) is 3.68. The van der Waals surface area contributed by atoms with Gasteiger partial charge in [-0.2, -0.15) is 0 Å². The van der Waals surface area contributed by atoms with E-state index < -0.39 is 29.3 Å². The van der Waals surface area contributed by atoms with Gasteiger partial charge in [0.15, 0.2) is 22.9 Å². The molecule has 1 fully saturated rings. The summed E-state index contributed by atoms with van der Waals surface area (Å²) >= 11 is 6.18. The van der Waals surface area contributed by atoms with E-state index in [0.717, 1.165) is 31.6 Å². The van der Waals surface area contributed by atoms with Crippen LogP contribution in [0.15, 0.2) is 82.5 Å². The normalized spacial score (nSPS) is 17.5. The third kappa shape index (κ3) is 4.30. The summed E-state index contributed by atoms with van der Waals surface area (Å²) in [5.41, 5.74) is 2.12. The molecule has 1 atom stereocenters. The lowest BCUT2D eigenvalue weighted by Gasteiger charge is -2.27. The number of methoxy groups -OCH3 is 1. The number of amides is 1. The Kier molecular flexibility index (Phi) is 6.27. The molecule has 0 aliphatic carbocycles. The molecule has 2 aliphatic rings. The minimum absolute atomic E-state index is 0.0988. The van der Waals surface area contributed by atoms with Gasteiger partial charge in [0, 0.05) is 40.9 Å². The molecule has 1 aromatic heterocycles. The van der Waals surface area contributed by atoms with Gasteiger partial charge in [0.2, 0.25) is 5.78 Å². The second-order valence-electron chi connectivity index (χ2n) is 9.57. The Morgan fingerprint density at radius 2 is 1.69 bits per heavy atom. The lowest BCUT2D eigenvalue weighted by molar-refractivity contribution is -0.117. The summed E-state index contributed by atoms with van der Waals surface area (Å²) < 4.78 is 25.0.